The van der Waals surface area contributed by atoms with E-state index in [0.717, 1.165) is 49.6 Å². The Morgan fingerprint density at radius 3 is 3.00 bits per heavy atom. The molecule has 0 bridgehead atoms. The molecule has 0 saturated carbocycles. The van der Waals surface area contributed by atoms with E-state index < -0.39 is 0 Å². The van der Waals surface area contributed by atoms with E-state index in [-0.39, 0.29) is 11.7 Å². The van der Waals surface area contributed by atoms with Crippen LogP contribution < -0.4 is 5.32 Å². The molecule has 0 spiro atoms. The maximum absolute atomic E-state index is 13.6. The van der Waals surface area contributed by atoms with Gasteiger partial charge >= 0.3 is 0 Å². The van der Waals surface area contributed by atoms with E-state index in [0.29, 0.717) is 11.5 Å². The van der Waals surface area contributed by atoms with Crippen molar-refractivity contribution in [2.75, 3.05) is 25.0 Å². The summed E-state index contributed by atoms with van der Waals surface area (Å²) in [6.07, 6.45) is 7.64. The molecule has 1 aliphatic heterocycles. The summed E-state index contributed by atoms with van der Waals surface area (Å²) in [6.45, 7) is 10.8. The number of allylic oxidation sites excluding steroid dienone is 3. The fourth-order valence-electron chi connectivity index (χ4n) is 3.52. The maximum atomic E-state index is 13.6. The van der Waals surface area contributed by atoms with Crippen molar-refractivity contribution in [2.24, 2.45) is 4.99 Å². The maximum Gasteiger partial charge on any atom is 0.135 e. The molecule has 0 radical (unpaired) electrons. The summed E-state index contributed by atoms with van der Waals surface area (Å²) in [6, 6.07) is 8.29. The Hall–Kier alpha value is -2.86. The summed E-state index contributed by atoms with van der Waals surface area (Å²) in [5.74, 6) is 1.50. The van der Waals surface area contributed by atoms with Crippen molar-refractivity contribution in [3.05, 3.63) is 66.0 Å². The van der Waals surface area contributed by atoms with Crippen LogP contribution in [-0.2, 0) is 0 Å². The first kappa shape index (κ1) is 20.9. The van der Waals surface area contributed by atoms with Crippen LogP contribution in [0.25, 0.3) is 5.57 Å². The Kier molecular flexibility index (Phi) is 7.25. The molecular formula is C23H28FN5. The van der Waals surface area contributed by atoms with Crippen molar-refractivity contribution < 1.29 is 4.39 Å². The van der Waals surface area contributed by atoms with E-state index in [1.165, 1.54) is 12.1 Å². The van der Waals surface area contributed by atoms with Gasteiger partial charge in [0.05, 0.1) is 5.69 Å². The molecule has 1 N–H and O–H groups in total. The van der Waals surface area contributed by atoms with Crippen LogP contribution in [-0.4, -0.2) is 41.2 Å². The monoisotopic (exact) mass is 393 g/mol. The lowest BCUT2D eigenvalue weighted by atomic mass is 9.97. The van der Waals surface area contributed by atoms with E-state index in [2.05, 4.69) is 28.9 Å². The number of nitrogens with zero attached hydrogens (tertiary/aromatic N) is 4. The second-order valence-electron chi connectivity index (χ2n) is 7.24. The molecule has 1 aromatic carbocycles. The minimum Gasteiger partial charge on any atom is -0.340 e. The van der Waals surface area contributed by atoms with Crippen molar-refractivity contribution in [1.82, 2.24) is 14.9 Å². The van der Waals surface area contributed by atoms with E-state index >= 15 is 0 Å². The number of benzene rings is 1. The van der Waals surface area contributed by atoms with Gasteiger partial charge in [0.15, 0.2) is 0 Å². The van der Waals surface area contributed by atoms with Crippen LogP contribution in [0.5, 0.6) is 0 Å². The topological polar surface area (TPSA) is 53.4 Å². The lowest BCUT2D eigenvalue weighted by Crippen LogP contribution is -2.34. The lowest BCUT2D eigenvalue weighted by molar-refractivity contribution is 0.214. The fraction of sp³-hybridized carbons (Fsp3) is 0.348. The third-order valence-corrected chi connectivity index (χ3v) is 5.10. The van der Waals surface area contributed by atoms with E-state index in [4.69, 9.17) is 9.97 Å². The van der Waals surface area contributed by atoms with Crippen LogP contribution in [0.15, 0.2) is 53.7 Å². The van der Waals surface area contributed by atoms with E-state index in [1.54, 1.807) is 12.3 Å². The number of halogens is 1. The van der Waals surface area contributed by atoms with Gasteiger partial charge in [-0.25, -0.2) is 14.4 Å². The van der Waals surface area contributed by atoms with E-state index in [9.17, 15) is 4.39 Å². The Morgan fingerprint density at radius 2 is 2.24 bits per heavy atom. The highest BCUT2D eigenvalue weighted by Gasteiger charge is 2.23. The molecule has 2 aromatic rings. The smallest absolute Gasteiger partial charge is 0.135 e. The fourth-order valence-corrected chi connectivity index (χ4v) is 3.52. The number of aliphatic imine (C=N–C) groups is 1. The molecule has 2 heterocycles. The Balaban J connectivity index is 1.95. The molecule has 1 fully saturated rings. The quantitative estimate of drug-likeness (QED) is 0.520. The number of piperidine rings is 1. The SMILES string of the molecule is C=N/C=C\C=C(/C)c1cc(Nc2cccc(F)c2)nc(C2CCCN(CC)C2)n1. The largest absolute Gasteiger partial charge is 0.340 e. The van der Waals surface area contributed by atoms with Crippen LogP contribution in [0.3, 0.4) is 0 Å². The van der Waals surface area contributed by atoms with Crippen molar-refractivity contribution in [1.29, 1.82) is 0 Å². The van der Waals surface area contributed by atoms with Gasteiger partial charge in [-0.15, -0.1) is 0 Å². The number of anilines is 2. The zero-order valence-corrected chi connectivity index (χ0v) is 17.1. The van der Waals surface area contributed by atoms with Gasteiger partial charge in [0.25, 0.3) is 0 Å². The molecule has 1 unspecified atom stereocenters. The molecule has 5 nitrogen and oxygen atoms in total. The zero-order valence-electron chi connectivity index (χ0n) is 17.1. The standard InChI is InChI=1S/C23H28FN5/c1-4-29-13-7-9-18(16-29)23-27-21(17(2)8-6-12-25-3)15-22(28-23)26-20-11-5-10-19(24)14-20/h5-6,8,10-12,14-15,18H,3-4,7,9,13,16H2,1-2H3,(H,26,27,28)/b12-6-,17-8+. The van der Waals surface area contributed by atoms with Crippen molar-refractivity contribution in [2.45, 2.75) is 32.6 Å². The number of rotatable bonds is 7. The molecular weight excluding hydrogens is 365 g/mol. The average molecular weight is 394 g/mol. The Bertz CT molecular complexity index is 906. The first-order chi connectivity index (χ1) is 14.1. The van der Waals surface area contributed by atoms with Crippen LogP contribution in [0.2, 0.25) is 0 Å². The summed E-state index contributed by atoms with van der Waals surface area (Å²) in [4.78, 5) is 15.8. The van der Waals surface area contributed by atoms with Crippen LogP contribution in [0.4, 0.5) is 15.9 Å². The highest BCUT2D eigenvalue weighted by molar-refractivity contribution is 5.66. The van der Waals surface area contributed by atoms with Crippen molar-refractivity contribution in [3.8, 4) is 0 Å². The minimum atomic E-state index is -0.284. The van der Waals surface area contributed by atoms with Gasteiger partial charge in [-0.3, -0.25) is 4.99 Å². The predicted molar refractivity (Wildman–Crippen MR) is 118 cm³/mol. The molecule has 1 aromatic heterocycles. The highest BCUT2D eigenvalue weighted by Crippen LogP contribution is 2.28. The van der Waals surface area contributed by atoms with Gasteiger partial charge in [0.1, 0.15) is 17.5 Å². The molecule has 0 aliphatic carbocycles. The summed E-state index contributed by atoms with van der Waals surface area (Å²) >= 11 is 0. The van der Waals surface area contributed by atoms with Gasteiger partial charge < -0.3 is 10.2 Å². The van der Waals surface area contributed by atoms with Crippen LogP contribution in [0.1, 0.15) is 44.1 Å². The average Bonchev–Trinajstić information content (AvgIpc) is 2.73. The number of hydrogen-bond donors (Lipinski definition) is 1. The predicted octanol–water partition coefficient (Wildman–Crippen LogP) is 5.18. The Morgan fingerprint density at radius 1 is 1.38 bits per heavy atom. The molecule has 1 atom stereocenters. The third kappa shape index (κ3) is 5.81. The second-order valence-corrected chi connectivity index (χ2v) is 7.24. The molecule has 3 rings (SSSR count). The molecule has 152 valence electrons. The molecule has 1 saturated heterocycles. The molecule has 29 heavy (non-hydrogen) atoms. The minimum absolute atomic E-state index is 0.284. The molecule has 6 heteroatoms. The number of nitrogens with one attached hydrogen (secondary N) is 1. The van der Waals surface area contributed by atoms with Crippen molar-refractivity contribution in [3.63, 3.8) is 0 Å². The van der Waals surface area contributed by atoms with Crippen LogP contribution >= 0.6 is 0 Å². The number of likely N-dealkylation sites (N-methyl/N-ethyl adjacent to an activating group) is 1. The normalized spacial score (nSPS) is 18.2. The summed E-state index contributed by atoms with van der Waals surface area (Å²) in [5.41, 5.74) is 2.51. The third-order valence-electron chi connectivity index (χ3n) is 5.10. The first-order valence-corrected chi connectivity index (χ1v) is 10.0. The lowest BCUT2D eigenvalue weighted by Gasteiger charge is -2.31. The zero-order chi connectivity index (χ0) is 20.6. The summed E-state index contributed by atoms with van der Waals surface area (Å²) in [7, 11) is 0. The van der Waals surface area contributed by atoms with Gasteiger partial charge in [-0.05, 0) is 69.4 Å². The number of hydrogen-bond acceptors (Lipinski definition) is 5. The van der Waals surface area contributed by atoms with Gasteiger partial charge in [0, 0.05) is 30.4 Å². The van der Waals surface area contributed by atoms with Crippen molar-refractivity contribution >= 4 is 23.8 Å². The van der Waals surface area contributed by atoms with Crippen LogP contribution in [0, 0.1) is 5.82 Å². The molecule has 0 amide bonds. The highest BCUT2D eigenvalue weighted by atomic mass is 19.1. The number of likely N-dealkylation sites (tertiary alicyclic amines) is 1. The summed E-state index contributed by atoms with van der Waals surface area (Å²) in [5, 5.41) is 3.23. The van der Waals surface area contributed by atoms with Gasteiger partial charge in [0.2, 0.25) is 0 Å². The second kappa shape index (κ2) is 10.1. The first-order valence-electron chi connectivity index (χ1n) is 10.0. The summed E-state index contributed by atoms with van der Waals surface area (Å²) < 4.78 is 13.6. The van der Waals surface area contributed by atoms with Gasteiger partial charge in [-0.2, -0.15) is 0 Å². The number of aromatic nitrogens is 2. The molecule has 1 aliphatic rings. The van der Waals surface area contributed by atoms with E-state index in [1.807, 2.05) is 31.2 Å². The van der Waals surface area contributed by atoms with Gasteiger partial charge in [-0.1, -0.05) is 19.1 Å². The Labute approximate surface area is 172 Å².